The first-order chi connectivity index (χ1) is 13.9. The summed E-state index contributed by atoms with van der Waals surface area (Å²) in [4.78, 5) is 24.4. The lowest BCUT2D eigenvalue weighted by molar-refractivity contribution is -0.122. The number of carbonyl (C=O) groups is 2. The highest BCUT2D eigenvalue weighted by Crippen LogP contribution is 2.23. The summed E-state index contributed by atoms with van der Waals surface area (Å²) in [5, 5.41) is 5.48. The van der Waals surface area contributed by atoms with Crippen molar-refractivity contribution in [1.29, 1.82) is 0 Å². The van der Waals surface area contributed by atoms with Crippen molar-refractivity contribution in [3.63, 3.8) is 0 Å². The predicted molar refractivity (Wildman–Crippen MR) is 111 cm³/mol. The Morgan fingerprint density at radius 2 is 1.66 bits per heavy atom. The third-order valence-electron chi connectivity index (χ3n) is 4.02. The van der Waals surface area contributed by atoms with E-state index in [9.17, 15) is 14.0 Å². The SMILES string of the molecule is C[C@H](Oc1ccc(NC(=O)c2ccccc2)cc1)C(=O)Nc1ccc(F)cc1Cl. The molecule has 0 radical (unpaired) electrons. The molecule has 0 spiro atoms. The van der Waals surface area contributed by atoms with Crippen molar-refractivity contribution in [3.8, 4) is 5.75 Å². The zero-order chi connectivity index (χ0) is 20.8. The van der Waals surface area contributed by atoms with Crippen molar-refractivity contribution in [2.45, 2.75) is 13.0 Å². The van der Waals surface area contributed by atoms with Crippen molar-refractivity contribution in [2.75, 3.05) is 10.6 Å². The summed E-state index contributed by atoms with van der Waals surface area (Å²) in [6.07, 6.45) is -0.819. The van der Waals surface area contributed by atoms with Gasteiger partial charge in [0.05, 0.1) is 10.7 Å². The van der Waals surface area contributed by atoms with Crippen molar-refractivity contribution in [3.05, 3.63) is 89.2 Å². The number of hydrogen-bond acceptors (Lipinski definition) is 3. The summed E-state index contributed by atoms with van der Waals surface area (Å²) in [5.41, 5.74) is 1.45. The summed E-state index contributed by atoms with van der Waals surface area (Å²) < 4.78 is 18.7. The normalized spacial score (nSPS) is 11.4. The van der Waals surface area contributed by atoms with Crippen molar-refractivity contribution in [2.24, 2.45) is 0 Å². The molecule has 0 aliphatic carbocycles. The average molecular weight is 413 g/mol. The van der Waals surface area contributed by atoms with Gasteiger partial charge in [0.2, 0.25) is 0 Å². The maximum Gasteiger partial charge on any atom is 0.265 e. The molecule has 0 bridgehead atoms. The lowest BCUT2D eigenvalue weighted by Gasteiger charge is -2.16. The minimum Gasteiger partial charge on any atom is -0.481 e. The molecule has 0 fully saturated rings. The molecule has 2 N–H and O–H groups in total. The standard InChI is InChI=1S/C22H18ClFN2O3/c1-14(21(27)26-20-12-7-16(24)13-19(20)23)29-18-10-8-17(9-11-18)25-22(28)15-5-3-2-4-6-15/h2-14H,1H3,(H,25,28)(H,26,27)/t14-/m0/s1. The van der Waals surface area contributed by atoms with E-state index in [-0.39, 0.29) is 10.9 Å². The summed E-state index contributed by atoms with van der Waals surface area (Å²) >= 11 is 5.91. The van der Waals surface area contributed by atoms with Gasteiger partial charge in [-0.15, -0.1) is 0 Å². The van der Waals surface area contributed by atoms with E-state index < -0.39 is 17.8 Å². The zero-order valence-corrected chi connectivity index (χ0v) is 16.2. The summed E-state index contributed by atoms with van der Waals surface area (Å²) in [5.74, 6) is -0.685. The molecule has 5 nitrogen and oxygen atoms in total. The van der Waals surface area contributed by atoms with Crippen LogP contribution >= 0.6 is 11.6 Å². The van der Waals surface area contributed by atoms with Gasteiger partial charge in [-0.05, 0) is 61.5 Å². The number of hydrogen-bond donors (Lipinski definition) is 2. The van der Waals surface area contributed by atoms with Crippen LogP contribution in [0.1, 0.15) is 17.3 Å². The minimum atomic E-state index is -0.819. The van der Waals surface area contributed by atoms with Crippen LogP contribution in [0.25, 0.3) is 0 Å². The van der Waals surface area contributed by atoms with Crippen LogP contribution in [-0.2, 0) is 4.79 Å². The van der Waals surface area contributed by atoms with Crippen LogP contribution in [0.3, 0.4) is 0 Å². The number of anilines is 2. The van der Waals surface area contributed by atoms with E-state index in [0.29, 0.717) is 22.7 Å². The number of rotatable bonds is 6. The fourth-order valence-electron chi connectivity index (χ4n) is 2.49. The molecule has 0 saturated heterocycles. The van der Waals surface area contributed by atoms with Crippen LogP contribution < -0.4 is 15.4 Å². The van der Waals surface area contributed by atoms with Crippen LogP contribution in [0.15, 0.2) is 72.8 Å². The number of halogens is 2. The van der Waals surface area contributed by atoms with E-state index in [0.717, 1.165) is 6.07 Å². The van der Waals surface area contributed by atoms with E-state index in [4.69, 9.17) is 16.3 Å². The number of carbonyl (C=O) groups excluding carboxylic acids is 2. The van der Waals surface area contributed by atoms with Crippen LogP contribution in [-0.4, -0.2) is 17.9 Å². The molecule has 0 aliphatic rings. The van der Waals surface area contributed by atoms with Crippen LogP contribution in [0.5, 0.6) is 5.75 Å². The third-order valence-corrected chi connectivity index (χ3v) is 4.33. The number of ether oxygens (including phenoxy) is 1. The van der Waals surface area contributed by atoms with Gasteiger partial charge in [-0.25, -0.2) is 4.39 Å². The molecule has 3 aromatic rings. The van der Waals surface area contributed by atoms with Gasteiger partial charge in [-0.1, -0.05) is 29.8 Å². The molecule has 29 heavy (non-hydrogen) atoms. The van der Waals surface area contributed by atoms with Gasteiger partial charge in [0, 0.05) is 11.3 Å². The van der Waals surface area contributed by atoms with E-state index >= 15 is 0 Å². The fourth-order valence-corrected chi connectivity index (χ4v) is 2.71. The van der Waals surface area contributed by atoms with Gasteiger partial charge in [-0.2, -0.15) is 0 Å². The molecule has 0 unspecified atom stereocenters. The molecular formula is C22H18ClFN2O3. The van der Waals surface area contributed by atoms with Gasteiger partial charge >= 0.3 is 0 Å². The molecule has 3 rings (SSSR count). The van der Waals surface area contributed by atoms with Gasteiger partial charge in [-0.3, -0.25) is 9.59 Å². The molecule has 0 aliphatic heterocycles. The molecule has 148 valence electrons. The predicted octanol–water partition coefficient (Wildman–Crippen LogP) is 5.14. The molecule has 0 saturated carbocycles. The average Bonchev–Trinajstić information content (AvgIpc) is 2.72. The van der Waals surface area contributed by atoms with Crippen LogP contribution in [0.2, 0.25) is 5.02 Å². The van der Waals surface area contributed by atoms with E-state index in [2.05, 4.69) is 10.6 Å². The third kappa shape index (κ3) is 5.56. The van der Waals surface area contributed by atoms with E-state index in [1.165, 1.54) is 12.1 Å². The van der Waals surface area contributed by atoms with Gasteiger partial charge in [0.1, 0.15) is 11.6 Å². The van der Waals surface area contributed by atoms with Crippen molar-refractivity contribution >= 4 is 34.8 Å². The minimum absolute atomic E-state index is 0.101. The Morgan fingerprint density at radius 1 is 0.966 bits per heavy atom. The molecular weight excluding hydrogens is 395 g/mol. The highest BCUT2D eigenvalue weighted by atomic mass is 35.5. The Kier molecular flexibility index (Phi) is 6.46. The number of benzene rings is 3. The van der Waals surface area contributed by atoms with Gasteiger partial charge < -0.3 is 15.4 Å². The maximum absolute atomic E-state index is 13.1. The quantitative estimate of drug-likeness (QED) is 0.589. The van der Waals surface area contributed by atoms with Crippen LogP contribution in [0, 0.1) is 5.82 Å². The molecule has 2 amide bonds. The topological polar surface area (TPSA) is 67.4 Å². The Bertz CT molecular complexity index is 1010. The van der Waals surface area contributed by atoms with Crippen LogP contribution in [0.4, 0.5) is 15.8 Å². The maximum atomic E-state index is 13.1. The molecule has 7 heteroatoms. The largest absolute Gasteiger partial charge is 0.481 e. The zero-order valence-electron chi connectivity index (χ0n) is 15.5. The first-order valence-electron chi connectivity index (χ1n) is 8.81. The Balaban J connectivity index is 1.57. The Hall–Kier alpha value is -3.38. The second-order valence-corrected chi connectivity index (χ2v) is 6.63. The Labute approximate surface area is 172 Å². The molecule has 0 aromatic heterocycles. The summed E-state index contributed by atoms with van der Waals surface area (Å²) in [6, 6.07) is 19.2. The van der Waals surface area contributed by atoms with Gasteiger partial charge in [0.25, 0.3) is 11.8 Å². The lowest BCUT2D eigenvalue weighted by atomic mass is 10.2. The first kappa shape index (κ1) is 20.4. The molecule has 0 heterocycles. The first-order valence-corrected chi connectivity index (χ1v) is 9.19. The lowest BCUT2D eigenvalue weighted by Crippen LogP contribution is -2.30. The summed E-state index contributed by atoms with van der Waals surface area (Å²) in [6.45, 7) is 1.58. The Morgan fingerprint density at radius 3 is 2.31 bits per heavy atom. The number of nitrogens with one attached hydrogen (secondary N) is 2. The highest BCUT2D eigenvalue weighted by molar-refractivity contribution is 6.33. The fraction of sp³-hybridized carbons (Fsp3) is 0.0909. The van der Waals surface area contributed by atoms with Crippen molar-refractivity contribution in [1.82, 2.24) is 0 Å². The monoisotopic (exact) mass is 412 g/mol. The second-order valence-electron chi connectivity index (χ2n) is 6.22. The summed E-state index contributed by atoms with van der Waals surface area (Å²) in [7, 11) is 0. The molecule has 1 atom stereocenters. The number of amides is 2. The molecule has 3 aromatic carbocycles. The smallest absolute Gasteiger partial charge is 0.265 e. The van der Waals surface area contributed by atoms with E-state index in [1.807, 2.05) is 6.07 Å². The van der Waals surface area contributed by atoms with E-state index in [1.54, 1.807) is 55.5 Å². The second kappa shape index (κ2) is 9.21. The van der Waals surface area contributed by atoms with Crippen molar-refractivity contribution < 1.29 is 18.7 Å². The van der Waals surface area contributed by atoms with Gasteiger partial charge in [0.15, 0.2) is 6.10 Å². The highest BCUT2D eigenvalue weighted by Gasteiger charge is 2.16.